The molecular weight excluding hydrogens is 958 g/mol. The van der Waals surface area contributed by atoms with Crippen LogP contribution in [0.2, 0.25) is 0 Å². The van der Waals surface area contributed by atoms with Crippen molar-refractivity contribution in [3.8, 4) is 22.3 Å². The minimum atomic E-state index is 0. The van der Waals surface area contributed by atoms with Gasteiger partial charge in [0, 0.05) is 0 Å². The van der Waals surface area contributed by atoms with E-state index in [1.807, 2.05) is 54.6 Å². The topological polar surface area (TPSA) is 0 Å². The second-order valence-electron chi connectivity index (χ2n) is 18.2. The van der Waals surface area contributed by atoms with Gasteiger partial charge in [-0.15, -0.1) is 6.92 Å². The Morgan fingerprint density at radius 1 is 0.565 bits per heavy atom. The van der Waals surface area contributed by atoms with Crippen LogP contribution in [0.1, 0.15) is 79.4 Å². The van der Waals surface area contributed by atoms with Crippen LogP contribution in [-0.4, -0.2) is 4.26 Å². The van der Waals surface area contributed by atoms with Gasteiger partial charge in [-0.25, -0.2) is 18.1 Å². The first-order valence-corrected chi connectivity index (χ1v) is 24.3. The normalized spacial score (nSPS) is 20.0. The van der Waals surface area contributed by atoms with E-state index in [4.69, 9.17) is 0 Å². The van der Waals surface area contributed by atoms with Gasteiger partial charge in [0.25, 0.3) is 0 Å². The summed E-state index contributed by atoms with van der Waals surface area (Å²) in [5.41, 5.74) is 15.4. The van der Waals surface area contributed by atoms with Gasteiger partial charge >= 0.3 is 28.2 Å². The van der Waals surface area contributed by atoms with Gasteiger partial charge < -0.3 is 24.8 Å². The van der Waals surface area contributed by atoms with Crippen molar-refractivity contribution in [2.24, 2.45) is 27.6 Å². The fraction of sp³-hybridized carbons (Fsp3) is 0.271. The van der Waals surface area contributed by atoms with Crippen molar-refractivity contribution in [2.75, 3.05) is 0 Å². The largest absolute Gasteiger partial charge is 1.00 e. The van der Waals surface area contributed by atoms with Gasteiger partial charge in [-0.05, 0) is 62.8 Å². The van der Waals surface area contributed by atoms with Crippen molar-refractivity contribution in [3.63, 3.8) is 0 Å². The van der Waals surface area contributed by atoms with E-state index < -0.39 is 0 Å². The Morgan fingerprint density at radius 2 is 0.984 bits per heavy atom. The van der Waals surface area contributed by atoms with Crippen molar-refractivity contribution < 1.29 is 48.7 Å². The summed E-state index contributed by atoms with van der Waals surface area (Å²) in [6.45, 7) is 20.3. The van der Waals surface area contributed by atoms with Gasteiger partial charge in [0.1, 0.15) is 0 Å². The van der Waals surface area contributed by atoms with E-state index in [2.05, 4.69) is 193 Å². The number of allylic oxidation sites excluding steroid dienone is 6. The third-order valence-corrected chi connectivity index (χ3v) is 15.1. The molecule has 0 nitrogen and oxygen atoms in total. The summed E-state index contributed by atoms with van der Waals surface area (Å²) in [4.78, 5) is 0. The fourth-order valence-corrected chi connectivity index (χ4v) is 10.4. The Morgan fingerprint density at radius 3 is 1.40 bits per heavy atom. The van der Waals surface area contributed by atoms with Gasteiger partial charge in [0.2, 0.25) is 0 Å². The van der Waals surface area contributed by atoms with Crippen molar-refractivity contribution >= 4 is 9.83 Å². The van der Waals surface area contributed by atoms with E-state index >= 15 is 0 Å². The number of halogens is 2. The van der Waals surface area contributed by atoms with E-state index in [1.165, 1.54) is 46.2 Å². The van der Waals surface area contributed by atoms with Gasteiger partial charge in [-0.2, -0.15) is 29.3 Å². The molecule has 2 unspecified atom stereocenters. The molecule has 4 aliphatic carbocycles. The summed E-state index contributed by atoms with van der Waals surface area (Å²) in [5.74, 6) is 2.24. The molecule has 0 N–H and O–H groups in total. The molecule has 0 aromatic heterocycles. The quantitative estimate of drug-likeness (QED) is 0.120. The summed E-state index contributed by atoms with van der Waals surface area (Å²) < 4.78 is 3.39. The maximum absolute atomic E-state index is 3.39. The zero-order chi connectivity index (χ0) is 43.0. The Hall–Kier alpha value is -4.14. The summed E-state index contributed by atoms with van der Waals surface area (Å²) >= 11 is 1.06. The van der Waals surface area contributed by atoms with Crippen LogP contribution in [-0.2, 0) is 30.3 Å². The first-order chi connectivity index (χ1) is 28.9. The molecule has 0 saturated heterocycles. The van der Waals surface area contributed by atoms with Crippen molar-refractivity contribution in [1.29, 1.82) is 0 Å². The number of rotatable bonds is 2. The van der Waals surface area contributed by atoms with E-state index in [1.54, 1.807) is 28.2 Å². The van der Waals surface area contributed by atoms with Crippen LogP contribution in [0.5, 0.6) is 0 Å². The Kier molecular flexibility index (Phi) is 17.9. The maximum atomic E-state index is 3.39. The van der Waals surface area contributed by atoms with Gasteiger partial charge in [-0.1, -0.05) is 235 Å². The van der Waals surface area contributed by atoms with E-state index in [0.717, 1.165) is 30.3 Å². The first kappa shape index (κ1) is 50.5. The molecule has 3 heteroatoms. The Bertz CT molecular complexity index is 2200. The second kappa shape index (κ2) is 22.0. The first-order valence-electron chi connectivity index (χ1n) is 21.7. The van der Waals surface area contributed by atoms with Gasteiger partial charge in [-0.3, -0.25) is 0 Å². The summed E-state index contributed by atoms with van der Waals surface area (Å²) in [5, 5.41) is 0. The Balaban J connectivity index is 0.000000211. The molecule has 2 atom stereocenters. The second-order valence-corrected chi connectivity index (χ2v) is 18.2. The molecule has 320 valence electrons. The molecule has 0 aliphatic heterocycles. The number of hydrogen-bond donors (Lipinski definition) is 0. The fourth-order valence-electron chi connectivity index (χ4n) is 10.4. The van der Waals surface area contributed by atoms with E-state index in [9.17, 15) is 0 Å². The molecule has 4 aliphatic rings. The van der Waals surface area contributed by atoms with E-state index in [0.29, 0.717) is 5.92 Å². The molecule has 1 saturated carbocycles. The molecule has 1 fully saturated rings. The summed E-state index contributed by atoms with van der Waals surface area (Å²) in [6.07, 6.45) is 8.50. The van der Waals surface area contributed by atoms with Crippen LogP contribution in [0.15, 0.2) is 205 Å². The van der Waals surface area contributed by atoms with Crippen LogP contribution < -0.4 is 24.8 Å². The minimum absolute atomic E-state index is 0. The maximum Gasteiger partial charge on any atom is -0.0184 e. The van der Waals surface area contributed by atoms with Crippen LogP contribution in [0.25, 0.3) is 27.8 Å². The number of fused-ring (bicyclic) bond motifs is 6. The van der Waals surface area contributed by atoms with Crippen LogP contribution in [0.4, 0.5) is 0 Å². The van der Waals surface area contributed by atoms with Crippen LogP contribution in [0, 0.1) is 33.5 Å². The van der Waals surface area contributed by atoms with E-state index in [-0.39, 0.29) is 46.5 Å². The molecule has 10 rings (SSSR count). The minimum Gasteiger partial charge on any atom is -1.00 e. The molecule has 0 bridgehead atoms. The molecule has 0 radical (unpaired) electrons. The number of benzene rings is 5. The average Bonchev–Trinajstić information content (AvgIpc) is 4.01. The zero-order valence-corrected chi connectivity index (χ0v) is 43.2. The summed E-state index contributed by atoms with van der Waals surface area (Å²) in [6, 6.07) is 60.7. The van der Waals surface area contributed by atoms with Crippen molar-refractivity contribution in [1.82, 2.24) is 0 Å². The van der Waals surface area contributed by atoms with Crippen molar-refractivity contribution in [3.05, 3.63) is 222 Å². The van der Waals surface area contributed by atoms with Gasteiger partial charge in [0.05, 0.1) is 0 Å². The zero-order valence-electron chi connectivity index (χ0n) is 38.1. The Labute approximate surface area is 401 Å². The van der Waals surface area contributed by atoms with Gasteiger partial charge in [0.15, 0.2) is 0 Å². The molecule has 6 aromatic carbocycles. The third kappa shape index (κ3) is 9.67. The molecule has 0 spiro atoms. The number of hydrogen-bond acceptors (Lipinski definition) is 0. The average molecular weight is 1020 g/mol. The molecule has 62 heavy (non-hydrogen) atoms. The molecule has 0 amide bonds. The predicted molar refractivity (Wildman–Crippen MR) is 257 cm³/mol. The van der Waals surface area contributed by atoms with Crippen molar-refractivity contribution in [2.45, 2.75) is 74.7 Å². The summed E-state index contributed by atoms with van der Waals surface area (Å²) in [7, 11) is 0. The third-order valence-electron chi connectivity index (χ3n) is 15.1. The molecule has 6 aromatic rings. The monoisotopic (exact) mass is 1020 g/mol. The van der Waals surface area contributed by atoms with Crippen LogP contribution in [0.3, 0.4) is 0 Å². The standard InChI is InChI=1S/C29H37.2C12H10.C5H5.CH2.2ClH.Hf/c1-18-25-22-17-19-13-9-10-14-20(19)24(22)21-15-11-12-16-23(21)29(25,8)28(6,7)27(4,5)26(18,2)3;2*1-3-7-11(8-4-1)12-9-5-2-6-10-12;1-2-4-5-3-1;;;;/h9-11,13-15,23H,12,16-17H2,1-8H3;2*1-10H;1-5H;1H2;2*1H;/q-1;;;-1;;;;+2/p-2. The molecule has 0 heterocycles. The SMILES string of the molecule is C[C-]1C2=C3Cc4ccccc4C3=C3C=CCCC3C2(C)C(C)(C)C(C)(C)C1(C)C.[CH2]=[Hf+2].[Cl-].[Cl-].c1cc[cH-]c1.c1ccc(-c2ccccc2)cc1.c1ccc(-c2ccccc2)cc1. The molecular formula is C59H64Cl2Hf-2. The predicted octanol–water partition coefficient (Wildman–Crippen LogP) is 10.1. The smallest absolute Gasteiger partial charge is 0.0184 e. The van der Waals surface area contributed by atoms with Crippen LogP contribution >= 0.6 is 0 Å².